The zero-order valence-electron chi connectivity index (χ0n) is 18.1. The number of nitrogens with zero attached hydrogens (tertiary/aromatic N) is 4. The molecule has 8 heteroatoms. The van der Waals surface area contributed by atoms with Crippen molar-refractivity contribution in [2.45, 2.75) is 17.3 Å². The van der Waals surface area contributed by atoms with Gasteiger partial charge in [-0.05, 0) is 55.5 Å². The van der Waals surface area contributed by atoms with Crippen molar-refractivity contribution < 1.29 is 9.53 Å². The number of ether oxygens (including phenoxy) is 1. The van der Waals surface area contributed by atoms with E-state index in [1.807, 2.05) is 59.2 Å². The van der Waals surface area contributed by atoms with Crippen LogP contribution in [0.5, 0.6) is 5.75 Å². The number of rotatable bonds is 7. The van der Waals surface area contributed by atoms with E-state index in [0.717, 1.165) is 17.0 Å². The highest BCUT2D eigenvalue weighted by Gasteiger charge is 2.22. The Morgan fingerprint density at radius 2 is 1.73 bits per heavy atom. The van der Waals surface area contributed by atoms with Crippen LogP contribution in [-0.2, 0) is 4.79 Å². The van der Waals surface area contributed by atoms with Crippen LogP contribution in [-0.4, -0.2) is 33.0 Å². The average molecular weight is 456 g/mol. The lowest BCUT2D eigenvalue weighted by Crippen LogP contribution is -2.23. The third kappa shape index (κ3) is 4.89. The zero-order valence-corrected chi connectivity index (χ0v) is 18.9. The number of nitriles is 1. The van der Waals surface area contributed by atoms with Crippen LogP contribution in [0.3, 0.4) is 0 Å². The quantitative estimate of drug-likeness (QED) is 0.397. The Hall–Kier alpha value is -4.09. The molecule has 0 aliphatic heterocycles. The van der Waals surface area contributed by atoms with E-state index >= 15 is 0 Å². The molecule has 1 amide bonds. The van der Waals surface area contributed by atoms with Gasteiger partial charge in [-0.3, -0.25) is 9.36 Å². The highest BCUT2D eigenvalue weighted by Crippen LogP contribution is 2.31. The van der Waals surface area contributed by atoms with Crippen molar-refractivity contribution in [1.82, 2.24) is 14.8 Å². The molecule has 33 heavy (non-hydrogen) atoms. The van der Waals surface area contributed by atoms with Crippen LogP contribution in [0.1, 0.15) is 12.5 Å². The molecule has 0 fully saturated rings. The van der Waals surface area contributed by atoms with Gasteiger partial charge in [-0.1, -0.05) is 42.1 Å². The number of benzene rings is 3. The summed E-state index contributed by atoms with van der Waals surface area (Å²) < 4.78 is 7.19. The Bertz CT molecular complexity index is 1300. The standard InChI is InChI=1S/C25H21N5O2S/c1-17(24(31)27-22-11-7-6-8-19(22)16-26)33-25-29-28-23(18-12-14-21(32-2)15-13-18)30(25)20-9-4-3-5-10-20/h3-15,17H,1-2H3,(H,27,31). The Balaban J connectivity index is 1.64. The SMILES string of the molecule is COc1ccc(-c2nnc(SC(C)C(=O)Nc3ccccc3C#N)n2-c2ccccc2)cc1. The van der Waals surface area contributed by atoms with Crippen LogP contribution >= 0.6 is 11.8 Å². The third-order valence-corrected chi connectivity index (χ3v) is 6.00. The summed E-state index contributed by atoms with van der Waals surface area (Å²) in [4.78, 5) is 12.9. The molecule has 0 aliphatic rings. The molecule has 3 aromatic carbocycles. The highest BCUT2D eigenvalue weighted by molar-refractivity contribution is 8.00. The van der Waals surface area contributed by atoms with Gasteiger partial charge in [-0.2, -0.15) is 5.26 Å². The van der Waals surface area contributed by atoms with Gasteiger partial charge >= 0.3 is 0 Å². The highest BCUT2D eigenvalue weighted by atomic mass is 32.2. The monoisotopic (exact) mass is 455 g/mol. The minimum atomic E-state index is -0.480. The molecule has 0 saturated heterocycles. The number of para-hydroxylation sites is 2. The lowest BCUT2D eigenvalue weighted by atomic mass is 10.2. The van der Waals surface area contributed by atoms with Crippen LogP contribution in [0.25, 0.3) is 17.1 Å². The second-order valence-electron chi connectivity index (χ2n) is 7.11. The van der Waals surface area contributed by atoms with E-state index in [2.05, 4.69) is 21.6 Å². The predicted octanol–water partition coefficient (Wildman–Crippen LogP) is 4.93. The number of anilines is 1. The first kappa shape index (κ1) is 22.1. The number of carbonyl (C=O) groups excluding carboxylic acids is 1. The summed E-state index contributed by atoms with van der Waals surface area (Å²) in [6.45, 7) is 1.80. The van der Waals surface area contributed by atoms with Crippen LogP contribution in [0.2, 0.25) is 0 Å². The number of nitrogens with one attached hydrogen (secondary N) is 1. The van der Waals surface area contributed by atoms with Crippen molar-refractivity contribution in [3.63, 3.8) is 0 Å². The number of aromatic nitrogens is 3. The molecule has 1 unspecified atom stereocenters. The fourth-order valence-electron chi connectivity index (χ4n) is 3.22. The van der Waals surface area contributed by atoms with Crippen molar-refractivity contribution in [1.29, 1.82) is 5.26 Å². The van der Waals surface area contributed by atoms with Crippen LogP contribution < -0.4 is 10.1 Å². The zero-order chi connectivity index (χ0) is 23.2. The summed E-state index contributed by atoms with van der Waals surface area (Å²) in [6.07, 6.45) is 0. The van der Waals surface area contributed by atoms with Gasteiger partial charge in [0.15, 0.2) is 11.0 Å². The lowest BCUT2D eigenvalue weighted by molar-refractivity contribution is -0.115. The number of hydrogen-bond donors (Lipinski definition) is 1. The van der Waals surface area contributed by atoms with Gasteiger partial charge < -0.3 is 10.1 Å². The molecule has 1 heterocycles. The normalized spacial score (nSPS) is 11.4. The van der Waals surface area contributed by atoms with E-state index < -0.39 is 5.25 Å². The van der Waals surface area contributed by atoms with Gasteiger partial charge in [0.05, 0.1) is 23.6 Å². The van der Waals surface area contributed by atoms with E-state index in [0.29, 0.717) is 22.2 Å². The molecule has 0 aliphatic carbocycles. The number of amides is 1. The van der Waals surface area contributed by atoms with Crippen LogP contribution in [0.4, 0.5) is 5.69 Å². The van der Waals surface area contributed by atoms with Crippen molar-refractivity contribution in [2.24, 2.45) is 0 Å². The van der Waals surface area contributed by atoms with Crippen molar-refractivity contribution >= 4 is 23.4 Å². The molecule has 0 bridgehead atoms. The van der Waals surface area contributed by atoms with Gasteiger partial charge in [0.2, 0.25) is 5.91 Å². The van der Waals surface area contributed by atoms with Crippen LogP contribution in [0.15, 0.2) is 84.0 Å². The van der Waals surface area contributed by atoms with E-state index in [4.69, 9.17) is 4.74 Å². The van der Waals surface area contributed by atoms with Crippen LogP contribution in [0, 0.1) is 11.3 Å². The van der Waals surface area contributed by atoms with Gasteiger partial charge in [-0.15, -0.1) is 10.2 Å². The summed E-state index contributed by atoms with van der Waals surface area (Å²) in [5, 5.41) is 21.0. The molecule has 0 saturated carbocycles. The molecule has 1 atom stereocenters. The molecule has 0 spiro atoms. The largest absolute Gasteiger partial charge is 0.497 e. The molecule has 1 aromatic heterocycles. The maximum absolute atomic E-state index is 12.9. The van der Waals surface area contributed by atoms with Crippen molar-refractivity contribution in [2.75, 3.05) is 12.4 Å². The molecule has 1 N–H and O–H groups in total. The second-order valence-corrected chi connectivity index (χ2v) is 8.42. The topological polar surface area (TPSA) is 92.8 Å². The minimum Gasteiger partial charge on any atom is -0.497 e. The second kappa shape index (κ2) is 10.0. The summed E-state index contributed by atoms with van der Waals surface area (Å²) in [5.74, 6) is 1.19. The predicted molar refractivity (Wildman–Crippen MR) is 128 cm³/mol. The molecule has 4 aromatic rings. The fourth-order valence-corrected chi connectivity index (χ4v) is 4.09. The average Bonchev–Trinajstić information content (AvgIpc) is 3.28. The maximum Gasteiger partial charge on any atom is 0.237 e. The van der Waals surface area contributed by atoms with E-state index in [1.165, 1.54) is 11.8 Å². The van der Waals surface area contributed by atoms with Crippen molar-refractivity contribution in [3.05, 3.63) is 84.4 Å². The number of methoxy groups -OCH3 is 1. The van der Waals surface area contributed by atoms with E-state index in [1.54, 1.807) is 38.3 Å². The Morgan fingerprint density at radius 1 is 1.03 bits per heavy atom. The number of carbonyl (C=O) groups is 1. The summed E-state index contributed by atoms with van der Waals surface area (Å²) in [5.41, 5.74) is 2.66. The van der Waals surface area contributed by atoms with Gasteiger partial charge in [0.25, 0.3) is 0 Å². The number of thioether (sulfide) groups is 1. The van der Waals surface area contributed by atoms with Crippen molar-refractivity contribution in [3.8, 4) is 28.9 Å². The summed E-state index contributed by atoms with van der Waals surface area (Å²) in [7, 11) is 1.62. The Kier molecular flexibility index (Phi) is 6.72. The lowest BCUT2D eigenvalue weighted by Gasteiger charge is -2.14. The molecular weight excluding hydrogens is 434 g/mol. The molecule has 7 nitrogen and oxygen atoms in total. The van der Waals surface area contributed by atoms with E-state index in [-0.39, 0.29) is 5.91 Å². The molecule has 0 radical (unpaired) electrons. The smallest absolute Gasteiger partial charge is 0.237 e. The Morgan fingerprint density at radius 3 is 2.42 bits per heavy atom. The first-order valence-electron chi connectivity index (χ1n) is 10.2. The minimum absolute atomic E-state index is 0.226. The summed E-state index contributed by atoms with van der Waals surface area (Å²) >= 11 is 1.30. The molecule has 164 valence electrons. The molecule has 4 rings (SSSR count). The first-order chi connectivity index (χ1) is 16.1. The van der Waals surface area contributed by atoms with E-state index in [9.17, 15) is 10.1 Å². The molecular formula is C25H21N5O2S. The van der Waals surface area contributed by atoms with Gasteiger partial charge in [-0.25, -0.2) is 0 Å². The number of hydrogen-bond acceptors (Lipinski definition) is 6. The van der Waals surface area contributed by atoms with Gasteiger partial charge in [0.1, 0.15) is 11.8 Å². The first-order valence-corrected chi connectivity index (χ1v) is 11.1. The Labute approximate surface area is 196 Å². The maximum atomic E-state index is 12.9. The third-order valence-electron chi connectivity index (χ3n) is 4.95. The summed E-state index contributed by atoms with van der Waals surface area (Å²) in [6, 6.07) is 26.3. The van der Waals surface area contributed by atoms with Gasteiger partial charge in [0, 0.05) is 11.3 Å². The fraction of sp³-hybridized carbons (Fsp3) is 0.120.